The molecule has 1 amide bonds. The van der Waals surface area contributed by atoms with Crippen LogP contribution in [0, 0.1) is 13.8 Å². The Morgan fingerprint density at radius 1 is 1.16 bits per heavy atom. The summed E-state index contributed by atoms with van der Waals surface area (Å²) in [6, 6.07) is 15.1. The first-order chi connectivity index (χ1) is 12.1. The molecule has 0 saturated carbocycles. The average molecular weight is 335 g/mol. The second-order valence-corrected chi connectivity index (χ2v) is 5.88. The number of benzene rings is 1. The number of carbonyl (C=O) groups excluding carboxylic acids is 1. The summed E-state index contributed by atoms with van der Waals surface area (Å²) in [5.74, 6) is 0.576. The first kappa shape index (κ1) is 16.8. The summed E-state index contributed by atoms with van der Waals surface area (Å²) in [6.45, 7) is 4.60. The predicted octanol–water partition coefficient (Wildman–Crippen LogP) is 3.81. The lowest BCUT2D eigenvalue weighted by molar-refractivity contribution is 0.102. The van der Waals surface area contributed by atoms with E-state index < -0.39 is 0 Å². The fraction of sp³-hybridized carbons (Fsp3) is 0.200. The van der Waals surface area contributed by atoms with Crippen LogP contribution in [0.3, 0.4) is 0 Å². The number of aromatic nitrogens is 2. The summed E-state index contributed by atoms with van der Waals surface area (Å²) in [5, 5.41) is 2.93. The van der Waals surface area contributed by atoms with Crippen LogP contribution in [0.15, 0.2) is 54.7 Å². The molecule has 25 heavy (non-hydrogen) atoms. The largest absolute Gasteiger partial charge is 0.497 e. The molecule has 5 nitrogen and oxygen atoms in total. The minimum atomic E-state index is -0.131. The highest BCUT2D eigenvalue weighted by atomic mass is 16.5. The van der Waals surface area contributed by atoms with E-state index in [9.17, 15) is 4.79 Å². The Labute approximate surface area is 147 Å². The van der Waals surface area contributed by atoms with Crippen LogP contribution in [0.2, 0.25) is 0 Å². The lowest BCUT2D eigenvalue weighted by atomic mass is 10.2. The Balaban J connectivity index is 1.82. The monoisotopic (exact) mass is 335 g/mol. The fourth-order valence-corrected chi connectivity index (χ4v) is 2.83. The van der Waals surface area contributed by atoms with Gasteiger partial charge in [-0.3, -0.25) is 9.78 Å². The van der Waals surface area contributed by atoms with E-state index in [1.54, 1.807) is 19.4 Å². The van der Waals surface area contributed by atoms with Gasteiger partial charge >= 0.3 is 0 Å². The molecule has 0 spiro atoms. The third-order valence-electron chi connectivity index (χ3n) is 4.19. The number of hydrogen-bond acceptors (Lipinski definition) is 3. The van der Waals surface area contributed by atoms with Crippen molar-refractivity contribution < 1.29 is 9.53 Å². The van der Waals surface area contributed by atoms with Gasteiger partial charge in [-0.2, -0.15) is 0 Å². The number of nitrogens with one attached hydrogen (secondary N) is 1. The van der Waals surface area contributed by atoms with Gasteiger partial charge in [0.25, 0.3) is 5.91 Å². The molecule has 0 radical (unpaired) electrons. The number of methoxy groups -OCH3 is 1. The zero-order chi connectivity index (χ0) is 17.8. The van der Waals surface area contributed by atoms with Gasteiger partial charge in [-0.15, -0.1) is 0 Å². The molecule has 1 aromatic carbocycles. The van der Waals surface area contributed by atoms with Crippen molar-refractivity contribution in [3.05, 3.63) is 77.4 Å². The van der Waals surface area contributed by atoms with E-state index in [4.69, 9.17) is 4.74 Å². The van der Waals surface area contributed by atoms with E-state index in [1.807, 2.05) is 56.3 Å². The number of nitrogens with zero attached hydrogens (tertiary/aromatic N) is 2. The Bertz CT molecular complexity index is 885. The Hall–Kier alpha value is -3.08. The van der Waals surface area contributed by atoms with Crippen LogP contribution in [0.4, 0.5) is 5.69 Å². The van der Waals surface area contributed by atoms with Gasteiger partial charge in [-0.25, -0.2) is 0 Å². The smallest absolute Gasteiger partial charge is 0.257 e. The number of aryl methyl sites for hydroxylation is 1. The molecule has 0 atom stereocenters. The maximum Gasteiger partial charge on any atom is 0.257 e. The molecule has 2 aromatic heterocycles. The third kappa shape index (κ3) is 3.71. The minimum Gasteiger partial charge on any atom is -0.497 e. The minimum absolute atomic E-state index is 0.131. The number of ether oxygens (including phenoxy) is 1. The normalized spacial score (nSPS) is 10.5. The number of carbonyl (C=O) groups is 1. The summed E-state index contributed by atoms with van der Waals surface area (Å²) < 4.78 is 7.29. The quantitative estimate of drug-likeness (QED) is 0.771. The molecule has 0 saturated heterocycles. The number of anilines is 1. The third-order valence-corrected chi connectivity index (χ3v) is 4.19. The summed E-state index contributed by atoms with van der Waals surface area (Å²) in [7, 11) is 1.60. The lowest BCUT2D eigenvalue weighted by Crippen LogP contribution is -2.13. The van der Waals surface area contributed by atoms with Crippen molar-refractivity contribution in [2.75, 3.05) is 12.4 Å². The van der Waals surface area contributed by atoms with E-state index in [0.29, 0.717) is 23.5 Å². The molecule has 0 fully saturated rings. The van der Waals surface area contributed by atoms with Crippen molar-refractivity contribution in [1.29, 1.82) is 0 Å². The topological polar surface area (TPSA) is 56.1 Å². The van der Waals surface area contributed by atoms with Crippen molar-refractivity contribution in [3.63, 3.8) is 0 Å². The van der Waals surface area contributed by atoms with Crippen molar-refractivity contribution >= 4 is 11.6 Å². The molecule has 0 aliphatic carbocycles. The molecule has 3 aromatic rings. The van der Waals surface area contributed by atoms with Crippen LogP contribution < -0.4 is 10.1 Å². The predicted molar refractivity (Wildman–Crippen MR) is 98.2 cm³/mol. The number of hydrogen-bond donors (Lipinski definition) is 1. The zero-order valence-electron chi connectivity index (χ0n) is 14.6. The van der Waals surface area contributed by atoms with Gasteiger partial charge in [0.1, 0.15) is 5.75 Å². The molecule has 0 bridgehead atoms. The molecule has 1 N–H and O–H groups in total. The van der Waals surface area contributed by atoms with Crippen molar-refractivity contribution in [2.45, 2.75) is 20.4 Å². The molecule has 2 heterocycles. The Morgan fingerprint density at radius 2 is 2.00 bits per heavy atom. The molecule has 0 aliphatic rings. The van der Waals surface area contributed by atoms with Gasteiger partial charge in [0.15, 0.2) is 0 Å². The zero-order valence-corrected chi connectivity index (χ0v) is 14.6. The molecule has 128 valence electrons. The van der Waals surface area contributed by atoms with Crippen molar-refractivity contribution in [2.24, 2.45) is 0 Å². The van der Waals surface area contributed by atoms with Crippen molar-refractivity contribution in [3.8, 4) is 5.75 Å². The van der Waals surface area contributed by atoms with Crippen molar-refractivity contribution in [1.82, 2.24) is 9.55 Å². The van der Waals surface area contributed by atoms with Crippen LogP contribution in [-0.4, -0.2) is 22.6 Å². The van der Waals surface area contributed by atoms with Gasteiger partial charge in [0.2, 0.25) is 0 Å². The van der Waals surface area contributed by atoms with E-state index in [0.717, 1.165) is 17.1 Å². The van der Waals surface area contributed by atoms with Crippen LogP contribution in [0.25, 0.3) is 0 Å². The van der Waals surface area contributed by atoms with Crippen LogP contribution in [0.1, 0.15) is 27.4 Å². The van der Waals surface area contributed by atoms with Gasteiger partial charge < -0.3 is 14.6 Å². The molecule has 0 unspecified atom stereocenters. The number of pyridine rings is 1. The SMILES string of the molecule is COc1cccc(NC(=O)c2cc(C)n(Cc3ccccn3)c2C)c1. The van der Waals surface area contributed by atoms with Gasteiger partial charge in [0, 0.05) is 29.3 Å². The second-order valence-electron chi connectivity index (χ2n) is 5.88. The van der Waals surface area contributed by atoms with E-state index >= 15 is 0 Å². The van der Waals surface area contributed by atoms with E-state index in [2.05, 4.69) is 14.9 Å². The highest BCUT2D eigenvalue weighted by Gasteiger charge is 2.16. The summed E-state index contributed by atoms with van der Waals surface area (Å²) >= 11 is 0. The van der Waals surface area contributed by atoms with E-state index in [1.165, 1.54) is 0 Å². The highest BCUT2D eigenvalue weighted by Crippen LogP contribution is 2.20. The molecular weight excluding hydrogens is 314 g/mol. The second kappa shape index (κ2) is 7.21. The Kier molecular flexibility index (Phi) is 4.84. The number of rotatable bonds is 5. The molecule has 0 aliphatic heterocycles. The standard InChI is InChI=1S/C20H21N3O2/c1-14-11-19(15(2)23(14)13-17-7-4-5-10-21-17)20(24)22-16-8-6-9-18(12-16)25-3/h4-12H,13H2,1-3H3,(H,22,24). The molecular formula is C20H21N3O2. The first-order valence-corrected chi connectivity index (χ1v) is 8.10. The maximum atomic E-state index is 12.7. The molecule has 5 heteroatoms. The first-order valence-electron chi connectivity index (χ1n) is 8.10. The fourth-order valence-electron chi connectivity index (χ4n) is 2.83. The lowest BCUT2D eigenvalue weighted by Gasteiger charge is -2.10. The van der Waals surface area contributed by atoms with Crippen LogP contribution >= 0.6 is 0 Å². The summed E-state index contributed by atoms with van der Waals surface area (Å²) in [4.78, 5) is 17.0. The van der Waals surface area contributed by atoms with Gasteiger partial charge in [-0.1, -0.05) is 12.1 Å². The van der Waals surface area contributed by atoms with Crippen LogP contribution in [0.5, 0.6) is 5.75 Å². The van der Waals surface area contributed by atoms with Crippen LogP contribution in [-0.2, 0) is 6.54 Å². The van der Waals surface area contributed by atoms with Gasteiger partial charge in [-0.05, 0) is 44.2 Å². The number of amides is 1. The maximum absolute atomic E-state index is 12.7. The summed E-state index contributed by atoms with van der Waals surface area (Å²) in [5.41, 5.74) is 4.28. The Morgan fingerprint density at radius 3 is 2.72 bits per heavy atom. The van der Waals surface area contributed by atoms with E-state index in [-0.39, 0.29) is 5.91 Å². The van der Waals surface area contributed by atoms with Gasteiger partial charge in [0.05, 0.1) is 24.9 Å². The molecule has 3 rings (SSSR count). The average Bonchev–Trinajstić information content (AvgIpc) is 2.91. The summed E-state index contributed by atoms with van der Waals surface area (Å²) in [6.07, 6.45) is 1.78. The highest BCUT2D eigenvalue weighted by molar-refractivity contribution is 6.05.